The van der Waals surface area contributed by atoms with Crippen molar-refractivity contribution in [3.05, 3.63) is 0 Å². The minimum absolute atomic E-state index is 0.0329. The zero-order valence-electron chi connectivity index (χ0n) is 12.7. The molecule has 0 heterocycles. The molecule has 0 aromatic rings. The summed E-state index contributed by atoms with van der Waals surface area (Å²) in [6.07, 6.45) is 5.22. The van der Waals surface area contributed by atoms with Crippen LogP contribution < -0.4 is 11.2 Å². The Morgan fingerprint density at radius 3 is 2.45 bits per heavy atom. The van der Waals surface area contributed by atoms with Gasteiger partial charge < -0.3 is 10.4 Å². The number of nitrogens with zero attached hydrogens (tertiary/aromatic N) is 3. The molecule has 1 saturated carbocycles. The molecule has 6 nitrogen and oxygen atoms in total. The first-order valence-corrected chi connectivity index (χ1v) is 7.58. The summed E-state index contributed by atoms with van der Waals surface area (Å²) in [4.78, 5) is 0. The Balaban J connectivity index is 2.78. The van der Waals surface area contributed by atoms with Gasteiger partial charge in [0, 0.05) is 0 Å². The first-order chi connectivity index (χ1) is 9.28. The summed E-state index contributed by atoms with van der Waals surface area (Å²) in [5.74, 6) is 5.78. The predicted octanol–water partition coefficient (Wildman–Crippen LogP) is 1.94. The molecular formula is C13H27N5OS. The standard InChI is InChI=1S/C13H27N5OS/c1-12(2,3)16-17-13(7-5-4-6-8-13)15-11(20)18(14)9-10-19/h19H,4-10,14H2,1-3H3,(H,15,20). The van der Waals surface area contributed by atoms with E-state index >= 15 is 0 Å². The SMILES string of the molecule is CC(C)(C)N=NC1(NC(=S)N(N)CCO)CCCCC1. The van der Waals surface area contributed by atoms with Crippen molar-refractivity contribution in [3.8, 4) is 0 Å². The molecule has 0 radical (unpaired) electrons. The maximum absolute atomic E-state index is 8.91. The van der Waals surface area contributed by atoms with Crippen LogP contribution in [0.15, 0.2) is 10.2 Å². The minimum Gasteiger partial charge on any atom is -0.394 e. The Hall–Kier alpha value is -0.790. The van der Waals surface area contributed by atoms with Crippen molar-refractivity contribution < 1.29 is 5.11 Å². The zero-order chi connectivity index (χ0) is 15.2. The normalized spacial score (nSPS) is 19.1. The highest BCUT2D eigenvalue weighted by Crippen LogP contribution is 2.30. The van der Waals surface area contributed by atoms with Gasteiger partial charge in [-0.25, -0.2) is 5.84 Å². The monoisotopic (exact) mass is 301 g/mol. The molecular weight excluding hydrogens is 274 g/mol. The maximum Gasteiger partial charge on any atom is 0.185 e. The summed E-state index contributed by atoms with van der Waals surface area (Å²) in [6, 6.07) is 0. The fraction of sp³-hybridized carbons (Fsp3) is 0.923. The molecule has 0 amide bonds. The fourth-order valence-electron chi connectivity index (χ4n) is 2.11. The van der Waals surface area contributed by atoms with E-state index in [-0.39, 0.29) is 12.1 Å². The number of nitrogens with two attached hydrogens (primary N) is 1. The first-order valence-electron chi connectivity index (χ1n) is 7.17. The summed E-state index contributed by atoms with van der Waals surface area (Å²) in [7, 11) is 0. The average Bonchev–Trinajstić information content (AvgIpc) is 2.37. The molecule has 20 heavy (non-hydrogen) atoms. The van der Waals surface area contributed by atoms with Gasteiger partial charge in [0.2, 0.25) is 0 Å². The van der Waals surface area contributed by atoms with Crippen LogP contribution in [0.25, 0.3) is 0 Å². The third kappa shape index (κ3) is 5.68. The van der Waals surface area contributed by atoms with Gasteiger partial charge in [0.05, 0.1) is 18.7 Å². The molecule has 0 atom stereocenters. The van der Waals surface area contributed by atoms with Gasteiger partial charge in [-0.15, -0.1) is 0 Å². The lowest BCUT2D eigenvalue weighted by Crippen LogP contribution is -2.55. The fourth-order valence-corrected chi connectivity index (χ4v) is 2.39. The van der Waals surface area contributed by atoms with E-state index in [4.69, 9.17) is 23.2 Å². The van der Waals surface area contributed by atoms with E-state index in [2.05, 4.69) is 15.5 Å². The van der Waals surface area contributed by atoms with Crippen molar-refractivity contribution in [2.45, 2.75) is 64.1 Å². The quantitative estimate of drug-likeness (QED) is 0.320. The third-order valence-corrected chi connectivity index (χ3v) is 3.50. The topological polar surface area (TPSA) is 86.2 Å². The van der Waals surface area contributed by atoms with E-state index < -0.39 is 5.66 Å². The van der Waals surface area contributed by atoms with Crippen molar-refractivity contribution in [1.82, 2.24) is 10.3 Å². The van der Waals surface area contributed by atoms with E-state index in [9.17, 15) is 0 Å². The lowest BCUT2D eigenvalue weighted by molar-refractivity contribution is 0.227. The summed E-state index contributed by atoms with van der Waals surface area (Å²) in [5, 5.41) is 22.9. The number of hydrazine groups is 1. The largest absolute Gasteiger partial charge is 0.394 e. The zero-order valence-corrected chi connectivity index (χ0v) is 13.5. The van der Waals surface area contributed by atoms with E-state index in [1.165, 1.54) is 11.4 Å². The lowest BCUT2D eigenvalue weighted by atomic mass is 9.89. The van der Waals surface area contributed by atoms with Crippen LogP contribution in [-0.2, 0) is 0 Å². The van der Waals surface area contributed by atoms with Gasteiger partial charge in [0.25, 0.3) is 0 Å². The van der Waals surface area contributed by atoms with Gasteiger partial charge in [0.15, 0.2) is 10.8 Å². The van der Waals surface area contributed by atoms with Crippen LogP contribution in [0.5, 0.6) is 0 Å². The summed E-state index contributed by atoms with van der Waals surface area (Å²) in [5.41, 5.74) is -0.656. The van der Waals surface area contributed by atoms with E-state index in [0.29, 0.717) is 11.7 Å². The number of hydrogen-bond acceptors (Lipinski definition) is 5. The van der Waals surface area contributed by atoms with Gasteiger partial charge in [0.1, 0.15) is 0 Å². The maximum atomic E-state index is 8.91. The Labute approximate surface area is 126 Å². The second kappa shape index (κ2) is 7.28. The molecule has 1 aliphatic carbocycles. The molecule has 0 aliphatic heterocycles. The van der Waals surface area contributed by atoms with E-state index in [0.717, 1.165) is 25.7 Å². The second-order valence-corrected chi connectivity index (χ2v) is 6.70. The van der Waals surface area contributed by atoms with Crippen molar-refractivity contribution >= 4 is 17.3 Å². The van der Waals surface area contributed by atoms with Gasteiger partial charge in [-0.05, 0) is 58.7 Å². The molecule has 0 aromatic carbocycles. The number of hydrogen-bond donors (Lipinski definition) is 3. The van der Waals surface area contributed by atoms with Crippen LogP contribution >= 0.6 is 12.2 Å². The molecule has 1 fully saturated rings. The van der Waals surface area contributed by atoms with Crippen LogP contribution in [0.2, 0.25) is 0 Å². The van der Waals surface area contributed by atoms with Gasteiger partial charge in [-0.3, -0.25) is 5.01 Å². The molecule has 0 unspecified atom stereocenters. The molecule has 1 rings (SSSR count). The highest BCUT2D eigenvalue weighted by Gasteiger charge is 2.34. The summed E-state index contributed by atoms with van der Waals surface area (Å²) < 4.78 is 0. The van der Waals surface area contributed by atoms with E-state index in [1.807, 2.05) is 20.8 Å². The number of nitrogens with one attached hydrogen (secondary N) is 1. The minimum atomic E-state index is -0.449. The molecule has 0 aromatic heterocycles. The Morgan fingerprint density at radius 2 is 1.95 bits per heavy atom. The first kappa shape index (κ1) is 17.3. The molecule has 4 N–H and O–H groups in total. The Morgan fingerprint density at radius 1 is 1.35 bits per heavy atom. The summed E-state index contributed by atoms with van der Waals surface area (Å²) >= 11 is 5.28. The van der Waals surface area contributed by atoms with Crippen LogP contribution in [-0.4, -0.2) is 39.6 Å². The highest BCUT2D eigenvalue weighted by atomic mass is 32.1. The van der Waals surface area contributed by atoms with Gasteiger partial charge >= 0.3 is 0 Å². The van der Waals surface area contributed by atoms with Crippen LogP contribution in [0.4, 0.5) is 0 Å². The van der Waals surface area contributed by atoms with Crippen molar-refractivity contribution in [3.63, 3.8) is 0 Å². The molecule has 1 aliphatic rings. The number of azo groups is 1. The number of aliphatic hydroxyl groups is 1. The van der Waals surface area contributed by atoms with Gasteiger partial charge in [-0.2, -0.15) is 10.2 Å². The molecule has 0 spiro atoms. The van der Waals surface area contributed by atoms with Crippen LogP contribution in [0.3, 0.4) is 0 Å². The third-order valence-electron chi connectivity index (χ3n) is 3.16. The van der Waals surface area contributed by atoms with Gasteiger partial charge in [-0.1, -0.05) is 6.42 Å². The molecule has 116 valence electrons. The van der Waals surface area contributed by atoms with E-state index in [1.54, 1.807) is 0 Å². The van der Waals surface area contributed by atoms with Crippen molar-refractivity contribution in [2.24, 2.45) is 16.1 Å². The second-order valence-electron chi connectivity index (χ2n) is 6.31. The molecule has 7 heteroatoms. The lowest BCUT2D eigenvalue weighted by Gasteiger charge is -2.36. The molecule has 0 bridgehead atoms. The van der Waals surface area contributed by atoms with Crippen LogP contribution in [0.1, 0.15) is 52.9 Å². The smallest absolute Gasteiger partial charge is 0.185 e. The predicted molar refractivity (Wildman–Crippen MR) is 84.1 cm³/mol. The Kier molecular flexibility index (Phi) is 6.29. The Bertz CT molecular complexity index is 347. The van der Waals surface area contributed by atoms with Crippen molar-refractivity contribution in [2.75, 3.05) is 13.2 Å². The number of thiocarbonyl (C=S) groups is 1. The van der Waals surface area contributed by atoms with Crippen LogP contribution in [0, 0.1) is 0 Å². The number of rotatable bonds is 4. The van der Waals surface area contributed by atoms with Crippen molar-refractivity contribution in [1.29, 1.82) is 0 Å². The summed E-state index contributed by atoms with van der Waals surface area (Å²) in [6.45, 7) is 6.33. The molecule has 0 saturated heterocycles. The average molecular weight is 301 g/mol. The number of aliphatic hydroxyl groups excluding tert-OH is 1. The highest BCUT2D eigenvalue weighted by molar-refractivity contribution is 7.80.